The van der Waals surface area contributed by atoms with Crippen molar-refractivity contribution in [1.82, 2.24) is 19.7 Å². The summed E-state index contributed by atoms with van der Waals surface area (Å²) in [6.07, 6.45) is 4.38. The third kappa shape index (κ3) is 1.96. The highest BCUT2D eigenvalue weighted by atomic mass is 16.5. The molecule has 6 heteroatoms. The number of hydrogen-bond donors (Lipinski definition) is 1. The molecule has 0 amide bonds. The Kier molecular flexibility index (Phi) is 3.00. The summed E-state index contributed by atoms with van der Waals surface area (Å²) < 4.78 is 7.04. The lowest BCUT2D eigenvalue weighted by Crippen LogP contribution is -2.04. The van der Waals surface area contributed by atoms with E-state index in [9.17, 15) is 0 Å². The van der Waals surface area contributed by atoms with Crippen LogP contribution >= 0.6 is 0 Å². The van der Waals surface area contributed by atoms with Crippen molar-refractivity contribution in [2.75, 3.05) is 6.54 Å². The van der Waals surface area contributed by atoms with Gasteiger partial charge < -0.3 is 14.8 Å². The Morgan fingerprint density at radius 1 is 1.56 bits per heavy atom. The van der Waals surface area contributed by atoms with Crippen LogP contribution in [0.25, 0.3) is 11.6 Å². The first kappa shape index (κ1) is 10.8. The topological polar surface area (TPSA) is 82.8 Å². The zero-order valence-corrected chi connectivity index (χ0v) is 9.42. The van der Waals surface area contributed by atoms with Crippen LogP contribution in [0.2, 0.25) is 0 Å². The third-order valence-corrected chi connectivity index (χ3v) is 2.48. The number of aryl methyl sites for hydroxylation is 1. The molecule has 0 fully saturated rings. The molecule has 2 N–H and O–H groups in total. The number of imidazole rings is 1. The van der Waals surface area contributed by atoms with E-state index in [4.69, 9.17) is 10.3 Å². The van der Waals surface area contributed by atoms with Gasteiger partial charge in [0.15, 0.2) is 5.82 Å². The van der Waals surface area contributed by atoms with E-state index in [1.54, 1.807) is 6.20 Å². The lowest BCUT2D eigenvalue weighted by molar-refractivity contribution is 0.355. The highest BCUT2D eigenvalue weighted by Gasteiger charge is 2.16. The fourth-order valence-electron chi connectivity index (χ4n) is 1.48. The van der Waals surface area contributed by atoms with Crippen molar-refractivity contribution >= 4 is 0 Å². The molecule has 86 valence electrons. The smallest absolute Gasteiger partial charge is 0.238 e. The molecule has 2 aromatic heterocycles. The van der Waals surface area contributed by atoms with Crippen molar-refractivity contribution in [1.29, 1.82) is 0 Å². The van der Waals surface area contributed by atoms with Crippen molar-refractivity contribution in [3.8, 4) is 11.6 Å². The molecule has 0 spiro atoms. The van der Waals surface area contributed by atoms with Crippen LogP contribution < -0.4 is 5.73 Å². The van der Waals surface area contributed by atoms with Gasteiger partial charge in [-0.1, -0.05) is 12.1 Å². The quantitative estimate of drug-likeness (QED) is 0.830. The Bertz CT molecular complexity index is 461. The van der Waals surface area contributed by atoms with Crippen molar-refractivity contribution in [2.45, 2.75) is 19.3 Å². The molecule has 2 heterocycles. The van der Waals surface area contributed by atoms with E-state index in [0.717, 1.165) is 6.42 Å². The first-order valence-corrected chi connectivity index (χ1v) is 5.23. The van der Waals surface area contributed by atoms with Crippen LogP contribution in [0, 0.1) is 0 Å². The highest BCUT2D eigenvalue weighted by Crippen LogP contribution is 2.19. The normalized spacial score (nSPS) is 12.9. The molecule has 0 aliphatic heterocycles. The summed E-state index contributed by atoms with van der Waals surface area (Å²) in [6.45, 7) is 2.63. The first-order valence-electron chi connectivity index (χ1n) is 5.23. The van der Waals surface area contributed by atoms with Crippen LogP contribution in [0.4, 0.5) is 0 Å². The number of aromatic nitrogens is 4. The van der Waals surface area contributed by atoms with E-state index >= 15 is 0 Å². The van der Waals surface area contributed by atoms with Gasteiger partial charge in [-0.25, -0.2) is 4.98 Å². The summed E-state index contributed by atoms with van der Waals surface area (Å²) >= 11 is 0. The minimum atomic E-state index is 0.187. The van der Waals surface area contributed by atoms with Crippen LogP contribution in [0.5, 0.6) is 0 Å². The second-order valence-corrected chi connectivity index (χ2v) is 3.80. The molecule has 2 aromatic rings. The van der Waals surface area contributed by atoms with Gasteiger partial charge in [0.2, 0.25) is 11.7 Å². The average Bonchev–Trinajstić information content (AvgIpc) is 2.86. The lowest BCUT2D eigenvalue weighted by Gasteiger charge is -2.01. The highest BCUT2D eigenvalue weighted by molar-refractivity contribution is 5.42. The summed E-state index contributed by atoms with van der Waals surface area (Å²) in [5, 5.41) is 3.91. The predicted octanol–water partition coefficient (Wildman–Crippen LogP) is 0.922. The maximum atomic E-state index is 5.49. The zero-order chi connectivity index (χ0) is 11.5. The maximum absolute atomic E-state index is 5.49. The first-order chi connectivity index (χ1) is 7.72. The summed E-state index contributed by atoms with van der Waals surface area (Å²) in [4.78, 5) is 8.47. The van der Waals surface area contributed by atoms with Gasteiger partial charge in [0.05, 0.1) is 0 Å². The molecule has 0 radical (unpaired) electrons. The van der Waals surface area contributed by atoms with Gasteiger partial charge in [0, 0.05) is 25.4 Å². The van der Waals surface area contributed by atoms with E-state index < -0.39 is 0 Å². The second kappa shape index (κ2) is 4.44. The van der Waals surface area contributed by atoms with Gasteiger partial charge in [-0.15, -0.1) is 0 Å². The summed E-state index contributed by atoms with van der Waals surface area (Å²) in [5.74, 6) is 2.02. The summed E-state index contributed by atoms with van der Waals surface area (Å²) in [6, 6.07) is 0. The van der Waals surface area contributed by atoms with E-state index in [2.05, 4.69) is 15.1 Å². The maximum Gasteiger partial charge on any atom is 0.238 e. The standard InChI is InChI=1S/C10H15N5O/c1-7(3-4-11)10-13-8(14-16-10)9-12-5-6-15(9)2/h5-7H,3-4,11H2,1-2H3. The molecule has 1 unspecified atom stereocenters. The molecule has 0 bridgehead atoms. The predicted molar refractivity (Wildman–Crippen MR) is 58.6 cm³/mol. The molecule has 16 heavy (non-hydrogen) atoms. The Labute approximate surface area is 93.5 Å². The van der Waals surface area contributed by atoms with E-state index in [1.807, 2.05) is 24.7 Å². The van der Waals surface area contributed by atoms with Crippen molar-refractivity contribution < 1.29 is 4.52 Å². The van der Waals surface area contributed by atoms with Crippen LogP contribution in [-0.4, -0.2) is 26.2 Å². The van der Waals surface area contributed by atoms with E-state index in [0.29, 0.717) is 24.1 Å². The van der Waals surface area contributed by atoms with Crippen molar-refractivity contribution in [3.05, 3.63) is 18.3 Å². The molecule has 0 aromatic carbocycles. The van der Waals surface area contributed by atoms with Crippen molar-refractivity contribution in [3.63, 3.8) is 0 Å². The number of nitrogens with zero attached hydrogens (tertiary/aromatic N) is 4. The fourth-order valence-corrected chi connectivity index (χ4v) is 1.48. The van der Waals surface area contributed by atoms with Gasteiger partial charge in [-0.2, -0.15) is 4.98 Å². The molecule has 0 saturated heterocycles. The molecule has 0 aliphatic carbocycles. The van der Waals surface area contributed by atoms with Crippen LogP contribution in [0.15, 0.2) is 16.9 Å². The minimum absolute atomic E-state index is 0.187. The fraction of sp³-hybridized carbons (Fsp3) is 0.500. The van der Waals surface area contributed by atoms with Gasteiger partial charge in [0.25, 0.3) is 0 Å². The third-order valence-electron chi connectivity index (χ3n) is 2.48. The van der Waals surface area contributed by atoms with Crippen LogP contribution in [0.3, 0.4) is 0 Å². The molecular weight excluding hydrogens is 206 g/mol. The van der Waals surface area contributed by atoms with Gasteiger partial charge in [0.1, 0.15) is 0 Å². The minimum Gasteiger partial charge on any atom is -0.339 e. The molecule has 0 aliphatic rings. The number of rotatable bonds is 4. The molecular formula is C10H15N5O. The number of nitrogens with two attached hydrogens (primary N) is 1. The van der Waals surface area contributed by atoms with E-state index in [1.165, 1.54) is 0 Å². The second-order valence-electron chi connectivity index (χ2n) is 3.80. The monoisotopic (exact) mass is 221 g/mol. The largest absolute Gasteiger partial charge is 0.339 e. The summed E-state index contributed by atoms with van der Waals surface area (Å²) in [7, 11) is 1.89. The van der Waals surface area contributed by atoms with Crippen LogP contribution in [0.1, 0.15) is 25.2 Å². The molecule has 6 nitrogen and oxygen atoms in total. The molecule has 0 saturated carbocycles. The molecule has 2 rings (SSSR count). The Morgan fingerprint density at radius 3 is 3.00 bits per heavy atom. The average molecular weight is 221 g/mol. The molecule has 1 atom stereocenters. The lowest BCUT2D eigenvalue weighted by atomic mass is 10.1. The van der Waals surface area contributed by atoms with E-state index in [-0.39, 0.29) is 5.92 Å². The van der Waals surface area contributed by atoms with Gasteiger partial charge >= 0.3 is 0 Å². The number of hydrogen-bond acceptors (Lipinski definition) is 5. The van der Waals surface area contributed by atoms with Crippen LogP contribution in [-0.2, 0) is 7.05 Å². The SMILES string of the molecule is CC(CCN)c1nc(-c2nccn2C)no1. The zero-order valence-electron chi connectivity index (χ0n) is 9.42. The van der Waals surface area contributed by atoms with Crippen molar-refractivity contribution in [2.24, 2.45) is 12.8 Å². The Hall–Kier alpha value is -1.69. The Morgan fingerprint density at radius 2 is 2.38 bits per heavy atom. The Balaban J connectivity index is 2.23. The van der Waals surface area contributed by atoms with Gasteiger partial charge in [-0.05, 0) is 13.0 Å². The van der Waals surface area contributed by atoms with Gasteiger partial charge in [-0.3, -0.25) is 0 Å². The summed E-state index contributed by atoms with van der Waals surface area (Å²) in [5.41, 5.74) is 5.49.